The third-order valence-electron chi connectivity index (χ3n) is 3.08. The normalized spacial score (nSPS) is 23.6. The van der Waals surface area contributed by atoms with E-state index in [0.717, 1.165) is 25.5 Å². The van der Waals surface area contributed by atoms with Crippen LogP contribution < -0.4 is 21.9 Å². The maximum atomic E-state index is 11.9. The number of carbonyl (C=O) groups is 1. The second-order valence-corrected chi connectivity index (χ2v) is 4.47. The first kappa shape index (κ1) is 12.6. The van der Waals surface area contributed by atoms with Crippen LogP contribution in [-0.2, 0) is 0 Å². The molecule has 1 fully saturated rings. The third kappa shape index (κ3) is 2.86. The molecule has 0 aromatic carbocycles. The van der Waals surface area contributed by atoms with E-state index in [2.05, 4.69) is 15.6 Å². The number of amides is 1. The molecule has 2 atom stereocenters. The summed E-state index contributed by atoms with van der Waals surface area (Å²) in [5, 5.41) is 6.07. The van der Waals surface area contributed by atoms with Gasteiger partial charge in [-0.3, -0.25) is 14.6 Å². The topological polar surface area (TPSA) is 107 Å². The lowest BCUT2D eigenvalue weighted by Gasteiger charge is -2.30. The van der Waals surface area contributed by atoms with Crippen LogP contribution in [0.5, 0.6) is 0 Å². The van der Waals surface area contributed by atoms with Crippen molar-refractivity contribution in [3.63, 3.8) is 0 Å². The van der Waals surface area contributed by atoms with Crippen LogP contribution in [0.25, 0.3) is 0 Å². The van der Waals surface area contributed by atoms with Crippen LogP contribution in [0.3, 0.4) is 0 Å². The molecule has 2 unspecified atom stereocenters. The molecule has 1 aromatic rings. The molecule has 1 saturated heterocycles. The van der Waals surface area contributed by atoms with Gasteiger partial charge in [0.05, 0.1) is 0 Å². The molecule has 4 N–H and O–H groups in total. The van der Waals surface area contributed by atoms with Gasteiger partial charge in [-0.05, 0) is 26.3 Å². The molecule has 1 aliphatic rings. The van der Waals surface area contributed by atoms with Crippen molar-refractivity contribution in [1.82, 2.24) is 20.6 Å². The summed E-state index contributed by atoms with van der Waals surface area (Å²) in [4.78, 5) is 38.4. The molecule has 0 bridgehead atoms. The summed E-state index contributed by atoms with van der Waals surface area (Å²) in [7, 11) is 0. The third-order valence-corrected chi connectivity index (χ3v) is 3.08. The van der Waals surface area contributed by atoms with E-state index in [1.807, 2.05) is 11.9 Å². The van der Waals surface area contributed by atoms with Crippen molar-refractivity contribution in [3.05, 3.63) is 32.6 Å². The van der Waals surface area contributed by atoms with Gasteiger partial charge in [-0.2, -0.15) is 0 Å². The minimum absolute atomic E-state index is 0.00837. The van der Waals surface area contributed by atoms with E-state index < -0.39 is 17.2 Å². The van der Waals surface area contributed by atoms with Crippen LogP contribution >= 0.6 is 0 Å². The molecule has 2 rings (SSSR count). The predicted molar refractivity (Wildman–Crippen MR) is 65.6 cm³/mol. The number of carbonyl (C=O) groups excluding carboxylic acids is 1. The predicted octanol–water partition coefficient (Wildman–Crippen LogP) is -1.07. The van der Waals surface area contributed by atoms with Gasteiger partial charge in [-0.15, -0.1) is 0 Å². The van der Waals surface area contributed by atoms with Crippen LogP contribution in [0, 0.1) is 0 Å². The van der Waals surface area contributed by atoms with E-state index in [4.69, 9.17) is 0 Å². The standard InChI is InChI=1S/C11H16N4O3/c1-6-7(3-2-4-12-6)13-10(17)8-5-9(16)15-11(18)14-8/h5-7,12H,2-4H2,1H3,(H,13,17)(H2,14,15,16,18). The molecule has 7 nitrogen and oxygen atoms in total. The second-order valence-electron chi connectivity index (χ2n) is 4.47. The second kappa shape index (κ2) is 5.18. The van der Waals surface area contributed by atoms with Crippen molar-refractivity contribution < 1.29 is 4.79 Å². The van der Waals surface area contributed by atoms with Crippen molar-refractivity contribution in [1.29, 1.82) is 0 Å². The number of aromatic amines is 2. The van der Waals surface area contributed by atoms with Gasteiger partial charge >= 0.3 is 5.69 Å². The maximum Gasteiger partial charge on any atom is 0.326 e. The molecule has 0 radical (unpaired) electrons. The molecule has 98 valence electrons. The largest absolute Gasteiger partial charge is 0.346 e. The number of aromatic nitrogens is 2. The van der Waals surface area contributed by atoms with Gasteiger partial charge in [0.15, 0.2) is 0 Å². The van der Waals surface area contributed by atoms with Gasteiger partial charge in [-0.1, -0.05) is 0 Å². The van der Waals surface area contributed by atoms with Crippen molar-refractivity contribution >= 4 is 5.91 Å². The zero-order valence-electron chi connectivity index (χ0n) is 10.1. The summed E-state index contributed by atoms with van der Waals surface area (Å²) in [5.74, 6) is -0.432. The SMILES string of the molecule is CC1NCCCC1NC(=O)c1cc(=O)[nH]c(=O)[nH]1. The van der Waals surface area contributed by atoms with Crippen LogP contribution in [0.1, 0.15) is 30.3 Å². The van der Waals surface area contributed by atoms with Crippen LogP contribution in [0.15, 0.2) is 15.7 Å². The zero-order chi connectivity index (χ0) is 13.1. The number of piperidine rings is 1. The molecule has 18 heavy (non-hydrogen) atoms. The molecular formula is C11H16N4O3. The zero-order valence-corrected chi connectivity index (χ0v) is 10.1. The van der Waals surface area contributed by atoms with Gasteiger partial charge in [-0.25, -0.2) is 4.79 Å². The Labute approximate surface area is 103 Å². The Kier molecular flexibility index (Phi) is 3.61. The Bertz CT molecular complexity index is 519. The average molecular weight is 252 g/mol. The lowest BCUT2D eigenvalue weighted by atomic mass is 10.00. The first-order valence-corrected chi connectivity index (χ1v) is 5.94. The fourth-order valence-corrected chi connectivity index (χ4v) is 2.08. The minimum atomic E-state index is -0.678. The quantitative estimate of drug-likeness (QED) is 0.538. The van der Waals surface area contributed by atoms with E-state index in [-0.39, 0.29) is 17.8 Å². The highest BCUT2D eigenvalue weighted by molar-refractivity contribution is 5.92. The van der Waals surface area contributed by atoms with Crippen LogP contribution in [-0.4, -0.2) is 34.5 Å². The Morgan fingerprint density at radius 3 is 2.83 bits per heavy atom. The van der Waals surface area contributed by atoms with E-state index in [1.165, 1.54) is 0 Å². The number of nitrogens with one attached hydrogen (secondary N) is 4. The average Bonchev–Trinajstić information content (AvgIpc) is 2.31. The highest BCUT2D eigenvalue weighted by Gasteiger charge is 2.23. The highest BCUT2D eigenvalue weighted by Crippen LogP contribution is 2.08. The van der Waals surface area contributed by atoms with Gasteiger partial charge in [0.2, 0.25) is 0 Å². The molecule has 7 heteroatoms. The van der Waals surface area contributed by atoms with Crippen LogP contribution in [0.4, 0.5) is 0 Å². The summed E-state index contributed by atoms with van der Waals surface area (Å²) in [6, 6.07) is 1.27. The Hall–Kier alpha value is -1.89. The summed E-state index contributed by atoms with van der Waals surface area (Å²) >= 11 is 0. The minimum Gasteiger partial charge on any atom is -0.346 e. The summed E-state index contributed by atoms with van der Waals surface area (Å²) in [6.07, 6.45) is 1.87. The smallest absolute Gasteiger partial charge is 0.326 e. The van der Waals surface area contributed by atoms with Crippen molar-refractivity contribution in [2.75, 3.05) is 6.54 Å². The van der Waals surface area contributed by atoms with E-state index in [0.29, 0.717) is 0 Å². The lowest BCUT2D eigenvalue weighted by Crippen LogP contribution is -2.52. The van der Waals surface area contributed by atoms with Gasteiger partial charge in [0.25, 0.3) is 11.5 Å². The molecule has 0 spiro atoms. The molecular weight excluding hydrogens is 236 g/mol. The lowest BCUT2D eigenvalue weighted by molar-refractivity contribution is 0.0914. The number of H-pyrrole nitrogens is 2. The Balaban J connectivity index is 2.11. The first-order valence-electron chi connectivity index (χ1n) is 5.94. The number of rotatable bonds is 2. The van der Waals surface area contributed by atoms with Crippen molar-refractivity contribution in [3.8, 4) is 0 Å². The summed E-state index contributed by atoms with van der Waals surface area (Å²) < 4.78 is 0. The maximum absolute atomic E-state index is 11.9. The van der Waals surface area contributed by atoms with E-state index >= 15 is 0 Å². The van der Waals surface area contributed by atoms with Gasteiger partial charge in [0.1, 0.15) is 5.69 Å². The molecule has 1 aromatic heterocycles. The van der Waals surface area contributed by atoms with E-state index in [1.54, 1.807) is 0 Å². The summed E-state index contributed by atoms with van der Waals surface area (Å²) in [6.45, 7) is 2.93. The van der Waals surface area contributed by atoms with Gasteiger partial charge < -0.3 is 15.6 Å². The summed E-state index contributed by atoms with van der Waals surface area (Å²) in [5.41, 5.74) is -1.28. The van der Waals surface area contributed by atoms with Crippen LogP contribution in [0.2, 0.25) is 0 Å². The van der Waals surface area contributed by atoms with Crippen molar-refractivity contribution in [2.45, 2.75) is 31.8 Å². The van der Waals surface area contributed by atoms with Gasteiger partial charge in [0, 0.05) is 18.2 Å². The monoisotopic (exact) mass is 252 g/mol. The molecule has 2 heterocycles. The van der Waals surface area contributed by atoms with E-state index in [9.17, 15) is 14.4 Å². The van der Waals surface area contributed by atoms with Crippen molar-refractivity contribution in [2.24, 2.45) is 0 Å². The Morgan fingerprint density at radius 2 is 2.17 bits per heavy atom. The first-order chi connectivity index (χ1) is 8.56. The molecule has 0 aliphatic carbocycles. The molecule has 1 amide bonds. The molecule has 0 saturated carbocycles. The highest BCUT2D eigenvalue weighted by atomic mass is 16.2. The number of hydrogen-bond acceptors (Lipinski definition) is 4. The fourth-order valence-electron chi connectivity index (χ4n) is 2.08. The fraction of sp³-hybridized carbons (Fsp3) is 0.545. The number of hydrogen-bond donors (Lipinski definition) is 4. The Morgan fingerprint density at radius 1 is 1.39 bits per heavy atom. The molecule has 1 aliphatic heterocycles.